The minimum Gasteiger partial charge on any atom is -0.454 e. The fraction of sp³-hybridized carbons (Fsp3) is 0.267. The van der Waals surface area contributed by atoms with E-state index in [-0.39, 0.29) is 18.5 Å². The zero-order valence-electron chi connectivity index (χ0n) is 23.5. The van der Waals surface area contributed by atoms with Gasteiger partial charge in [-0.2, -0.15) is 0 Å². The fourth-order valence-electron chi connectivity index (χ4n) is 4.70. The Labute approximate surface area is 233 Å². The molecular formula is C30H34N8O2. The maximum absolute atomic E-state index is 13.3. The highest BCUT2D eigenvalue weighted by Gasteiger charge is 2.29. The van der Waals surface area contributed by atoms with Crippen molar-refractivity contribution in [2.45, 2.75) is 34.6 Å². The molecule has 5 aromatic rings. The third kappa shape index (κ3) is 5.33. The summed E-state index contributed by atoms with van der Waals surface area (Å²) in [5.41, 5.74) is 5.19. The van der Waals surface area contributed by atoms with Crippen LogP contribution in [0.3, 0.4) is 0 Å². The Morgan fingerprint density at radius 1 is 1.00 bits per heavy atom. The number of amides is 1. The Hall–Kier alpha value is -4.86. The Morgan fingerprint density at radius 2 is 1.77 bits per heavy atom. The van der Waals surface area contributed by atoms with E-state index < -0.39 is 0 Å². The van der Waals surface area contributed by atoms with Crippen LogP contribution >= 0.6 is 0 Å². The minimum absolute atomic E-state index is 0.145. The number of para-hydroxylation sites is 1. The molecule has 206 valence electrons. The number of pyridine rings is 1. The van der Waals surface area contributed by atoms with Crippen LogP contribution in [-0.2, 0) is 4.79 Å². The van der Waals surface area contributed by atoms with Crippen molar-refractivity contribution in [3.8, 4) is 17.3 Å². The molecule has 3 aromatic heterocycles. The van der Waals surface area contributed by atoms with Gasteiger partial charge in [0.1, 0.15) is 5.82 Å². The Bertz CT molecular complexity index is 1620. The molecule has 5 rings (SSSR count). The average molecular weight is 539 g/mol. The molecular weight excluding hydrogens is 504 g/mol. The zero-order valence-corrected chi connectivity index (χ0v) is 23.5. The van der Waals surface area contributed by atoms with Gasteiger partial charge in [-0.3, -0.25) is 14.8 Å². The van der Waals surface area contributed by atoms with Crippen molar-refractivity contribution in [1.29, 1.82) is 0 Å². The standard InChI is InChI=1S/C30H34N8O2/c1-6-36(7-2)26-17-16-25(21(4)32-26)37(22(5)39)27-29-33-28(23-13-11-12-20(3)18-23)34-38(29)35-30(27)40-19-31-24-14-9-8-10-15-24/h8-18,31H,6-7,19H2,1-5H3,(H,33,34). The van der Waals surface area contributed by atoms with Crippen LogP contribution in [0.15, 0.2) is 66.7 Å². The van der Waals surface area contributed by atoms with Gasteiger partial charge in [0.25, 0.3) is 5.88 Å². The van der Waals surface area contributed by atoms with E-state index in [9.17, 15) is 4.79 Å². The summed E-state index contributed by atoms with van der Waals surface area (Å²) in [6.45, 7) is 11.5. The smallest absolute Gasteiger partial charge is 0.263 e. The van der Waals surface area contributed by atoms with Gasteiger partial charge in [-0.1, -0.05) is 42.0 Å². The maximum Gasteiger partial charge on any atom is 0.263 e. The fourth-order valence-corrected chi connectivity index (χ4v) is 4.70. The number of H-pyrrole nitrogens is 1. The van der Waals surface area contributed by atoms with Gasteiger partial charge in [0.05, 0.1) is 11.4 Å². The highest BCUT2D eigenvalue weighted by atomic mass is 16.5. The van der Waals surface area contributed by atoms with E-state index in [1.54, 1.807) is 9.53 Å². The number of ether oxygens (including phenoxy) is 1. The van der Waals surface area contributed by atoms with Crippen LogP contribution in [0.2, 0.25) is 0 Å². The zero-order chi connectivity index (χ0) is 28.2. The summed E-state index contributed by atoms with van der Waals surface area (Å²) in [6, 6.07) is 21.6. The highest BCUT2D eigenvalue weighted by molar-refractivity contribution is 6.04. The lowest BCUT2D eigenvalue weighted by Gasteiger charge is -2.25. The van der Waals surface area contributed by atoms with Crippen molar-refractivity contribution in [2.24, 2.45) is 0 Å². The maximum atomic E-state index is 13.3. The summed E-state index contributed by atoms with van der Waals surface area (Å²) in [5, 5.41) is 11.1. The molecule has 0 aliphatic carbocycles. The lowest BCUT2D eigenvalue weighted by Crippen LogP contribution is -2.26. The molecule has 10 heteroatoms. The average Bonchev–Trinajstić information content (AvgIpc) is 3.50. The number of benzene rings is 2. The van der Waals surface area contributed by atoms with Crippen LogP contribution in [0.4, 0.5) is 22.9 Å². The van der Waals surface area contributed by atoms with Crippen LogP contribution < -0.4 is 19.9 Å². The Kier molecular flexibility index (Phi) is 7.68. The first-order chi connectivity index (χ1) is 19.4. The number of carbonyl (C=O) groups excluding carboxylic acids is 1. The second-order valence-electron chi connectivity index (χ2n) is 9.46. The van der Waals surface area contributed by atoms with Crippen molar-refractivity contribution in [2.75, 3.05) is 34.9 Å². The van der Waals surface area contributed by atoms with Gasteiger partial charge in [-0.05, 0) is 58.0 Å². The predicted octanol–water partition coefficient (Wildman–Crippen LogP) is 5.72. The van der Waals surface area contributed by atoms with Crippen LogP contribution in [0.1, 0.15) is 32.0 Å². The molecule has 3 heterocycles. The number of aromatic nitrogens is 5. The lowest BCUT2D eigenvalue weighted by molar-refractivity contribution is -0.115. The molecule has 0 aliphatic rings. The minimum atomic E-state index is -0.212. The van der Waals surface area contributed by atoms with Gasteiger partial charge in [0, 0.05) is 31.3 Å². The molecule has 2 aromatic carbocycles. The second-order valence-corrected chi connectivity index (χ2v) is 9.46. The molecule has 2 N–H and O–H groups in total. The van der Waals surface area contributed by atoms with Gasteiger partial charge in [0.15, 0.2) is 18.2 Å². The number of hydrogen-bond donors (Lipinski definition) is 2. The van der Waals surface area contributed by atoms with E-state index in [0.717, 1.165) is 35.7 Å². The largest absolute Gasteiger partial charge is 0.454 e. The molecule has 0 radical (unpaired) electrons. The number of carbonyl (C=O) groups is 1. The molecule has 0 bridgehead atoms. The Morgan fingerprint density at radius 3 is 2.45 bits per heavy atom. The summed E-state index contributed by atoms with van der Waals surface area (Å²) in [7, 11) is 0. The summed E-state index contributed by atoms with van der Waals surface area (Å²) in [5.74, 6) is 1.55. The number of fused-ring (bicyclic) bond motifs is 1. The van der Waals surface area contributed by atoms with E-state index >= 15 is 0 Å². The molecule has 0 atom stereocenters. The molecule has 0 saturated carbocycles. The van der Waals surface area contributed by atoms with Crippen LogP contribution in [0.25, 0.3) is 17.0 Å². The van der Waals surface area contributed by atoms with E-state index in [4.69, 9.17) is 14.7 Å². The van der Waals surface area contributed by atoms with Gasteiger partial charge in [-0.25, -0.2) is 9.97 Å². The Balaban J connectivity index is 1.59. The first-order valence-corrected chi connectivity index (χ1v) is 13.4. The second kappa shape index (κ2) is 11.5. The number of nitrogens with zero attached hydrogens (tertiary/aromatic N) is 6. The number of anilines is 4. The molecule has 0 fully saturated rings. The van der Waals surface area contributed by atoms with E-state index in [1.165, 1.54) is 6.92 Å². The van der Waals surface area contributed by atoms with Crippen molar-refractivity contribution >= 4 is 34.4 Å². The quantitative estimate of drug-likeness (QED) is 0.219. The number of aromatic amines is 1. The third-order valence-electron chi connectivity index (χ3n) is 6.70. The summed E-state index contributed by atoms with van der Waals surface area (Å²) in [4.78, 5) is 26.7. The van der Waals surface area contributed by atoms with Crippen LogP contribution in [0.5, 0.6) is 5.88 Å². The number of hydrogen-bond acceptors (Lipinski definition) is 7. The topological polar surface area (TPSA) is 104 Å². The summed E-state index contributed by atoms with van der Waals surface area (Å²) < 4.78 is 7.66. The van der Waals surface area contributed by atoms with Gasteiger partial charge in [-0.15, -0.1) is 9.73 Å². The van der Waals surface area contributed by atoms with Crippen molar-refractivity contribution in [3.05, 3.63) is 78.0 Å². The number of aryl methyl sites for hydroxylation is 2. The lowest BCUT2D eigenvalue weighted by atomic mass is 10.1. The monoisotopic (exact) mass is 538 g/mol. The summed E-state index contributed by atoms with van der Waals surface area (Å²) in [6.07, 6.45) is 0. The third-order valence-corrected chi connectivity index (χ3v) is 6.70. The number of rotatable bonds is 10. The molecule has 0 aliphatic heterocycles. The summed E-state index contributed by atoms with van der Waals surface area (Å²) >= 11 is 0. The van der Waals surface area contributed by atoms with Crippen molar-refractivity contribution in [1.82, 2.24) is 24.8 Å². The van der Waals surface area contributed by atoms with E-state index in [0.29, 0.717) is 28.5 Å². The van der Waals surface area contributed by atoms with Crippen molar-refractivity contribution < 1.29 is 9.53 Å². The molecule has 0 spiro atoms. The van der Waals surface area contributed by atoms with Crippen molar-refractivity contribution in [3.63, 3.8) is 0 Å². The molecule has 10 nitrogen and oxygen atoms in total. The molecule has 40 heavy (non-hydrogen) atoms. The highest BCUT2D eigenvalue weighted by Crippen LogP contribution is 2.39. The molecule has 1 amide bonds. The first kappa shape index (κ1) is 26.7. The molecule has 0 unspecified atom stereocenters. The van der Waals surface area contributed by atoms with Gasteiger partial charge >= 0.3 is 0 Å². The molecule has 0 saturated heterocycles. The van der Waals surface area contributed by atoms with Gasteiger partial charge < -0.3 is 15.0 Å². The van der Waals surface area contributed by atoms with E-state index in [2.05, 4.69) is 34.3 Å². The number of nitrogens with one attached hydrogen (secondary N) is 2. The predicted molar refractivity (Wildman–Crippen MR) is 158 cm³/mol. The van der Waals surface area contributed by atoms with Crippen LogP contribution in [0, 0.1) is 13.8 Å². The SMILES string of the molecule is CCN(CC)c1ccc(N(C(C)=O)c2c(OCNc3ccccc3)nn3[nH]c(-c4cccc(C)c4)nc23)c(C)n1. The van der Waals surface area contributed by atoms with E-state index in [1.807, 2.05) is 80.6 Å². The normalized spacial score (nSPS) is 11.0. The van der Waals surface area contributed by atoms with Gasteiger partial charge in [0.2, 0.25) is 11.6 Å². The van der Waals surface area contributed by atoms with Crippen LogP contribution in [-0.4, -0.2) is 50.5 Å². The first-order valence-electron chi connectivity index (χ1n) is 13.4.